The first-order valence-electron chi connectivity index (χ1n) is 6.55. The molecule has 0 aliphatic rings. The number of hydrogen-bond acceptors (Lipinski definition) is 4. The van der Waals surface area contributed by atoms with Gasteiger partial charge in [0.2, 0.25) is 0 Å². The first kappa shape index (κ1) is 15.1. The Kier molecular flexibility index (Phi) is 3.79. The van der Waals surface area contributed by atoms with E-state index < -0.39 is 11.8 Å². The van der Waals surface area contributed by atoms with Gasteiger partial charge < -0.3 is 5.11 Å². The smallest absolute Gasteiger partial charge is 0.358 e. The van der Waals surface area contributed by atoms with Crippen molar-refractivity contribution in [3.05, 3.63) is 58.6 Å². The molecule has 116 valence electrons. The Morgan fingerprint density at radius 2 is 2.13 bits per heavy atom. The third-order valence-corrected chi connectivity index (χ3v) is 3.48. The van der Waals surface area contributed by atoms with Gasteiger partial charge in [0.05, 0.1) is 10.7 Å². The van der Waals surface area contributed by atoms with Crippen molar-refractivity contribution in [1.29, 1.82) is 0 Å². The molecule has 0 aliphatic heterocycles. The summed E-state index contributed by atoms with van der Waals surface area (Å²) in [4.78, 5) is 15.4. The van der Waals surface area contributed by atoms with E-state index in [2.05, 4.69) is 15.2 Å². The Balaban J connectivity index is 2.13. The number of aromatic nitrogens is 2. The van der Waals surface area contributed by atoms with Gasteiger partial charge in [-0.2, -0.15) is 0 Å². The highest BCUT2D eigenvalue weighted by Gasteiger charge is 2.19. The summed E-state index contributed by atoms with van der Waals surface area (Å²) >= 11 is 5.68. The summed E-state index contributed by atoms with van der Waals surface area (Å²) < 4.78 is 14.7. The molecule has 3 aromatic rings. The van der Waals surface area contributed by atoms with Crippen molar-refractivity contribution < 1.29 is 14.3 Å². The number of rotatable bonds is 3. The molecule has 23 heavy (non-hydrogen) atoms. The number of fused-ring (bicyclic) bond motifs is 1. The minimum atomic E-state index is -1.21. The SMILES string of the molecule is Cc1cccn2c(N=Nc3ccc(F)c(Cl)c3)c(C(=O)O)nc12. The van der Waals surface area contributed by atoms with Crippen molar-refractivity contribution in [3.63, 3.8) is 0 Å². The van der Waals surface area contributed by atoms with E-state index >= 15 is 0 Å². The highest BCUT2D eigenvalue weighted by molar-refractivity contribution is 6.31. The molecule has 0 amide bonds. The molecular weight excluding hydrogens is 323 g/mol. The van der Waals surface area contributed by atoms with Crippen LogP contribution in [0.4, 0.5) is 15.9 Å². The molecule has 2 aromatic heterocycles. The predicted octanol–water partition coefficient (Wildman–Crippen LogP) is 4.55. The third kappa shape index (κ3) is 2.78. The lowest BCUT2D eigenvalue weighted by Gasteiger charge is -1.99. The van der Waals surface area contributed by atoms with Gasteiger partial charge in [0.25, 0.3) is 0 Å². The maximum absolute atomic E-state index is 13.1. The minimum Gasteiger partial charge on any atom is -0.476 e. The van der Waals surface area contributed by atoms with E-state index in [-0.39, 0.29) is 16.5 Å². The Hall–Kier alpha value is -2.80. The minimum absolute atomic E-state index is 0.0802. The third-order valence-electron chi connectivity index (χ3n) is 3.19. The number of hydrogen-bond donors (Lipinski definition) is 1. The Morgan fingerprint density at radius 3 is 2.83 bits per heavy atom. The van der Waals surface area contributed by atoms with Gasteiger partial charge in [0.1, 0.15) is 11.5 Å². The average Bonchev–Trinajstić information content (AvgIpc) is 2.89. The normalized spacial score (nSPS) is 11.4. The van der Waals surface area contributed by atoms with Gasteiger partial charge in [-0.25, -0.2) is 14.2 Å². The molecule has 0 radical (unpaired) electrons. The first-order valence-corrected chi connectivity index (χ1v) is 6.93. The molecule has 0 unspecified atom stereocenters. The summed E-state index contributed by atoms with van der Waals surface area (Å²) in [6, 6.07) is 7.42. The molecule has 0 fully saturated rings. The van der Waals surface area contributed by atoms with E-state index in [9.17, 15) is 14.3 Å². The summed E-state index contributed by atoms with van der Waals surface area (Å²) in [6.45, 7) is 1.81. The molecule has 8 heteroatoms. The van der Waals surface area contributed by atoms with Crippen LogP contribution in [0.2, 0.25) is 5.02 Å². The zero-order valence-corrected chi connectivity index (χ0v) is 12.6. The van der Waals surface area contributed by atoms with Crippen LogP contribution in [0.5, 0.6) is 0 Å². The summed E-state index contributed by atoms with van der Waals surface area (Å²) in [5.74, 6) is -1.70. The van der Waals surface area contributed by atoms with Gasteiger partial charge in [0, 0.05) is 6.20 Å². The van der Waals surface area contributed by atoms with E-state index in [0.29, 0.717) is 11.3 Å². The molecule has 0 saturated heterocycles. The maximum Gasteiger partial charge on any atom is 0.358 e. The van der Waals surface area contributed by atoms with Crippen LogP contribution in [0.3, 0.4) is 0 Å². The number of halogens is 2. The summed E-state index contributed by atoms with van der Waals surface area (Å²) in [5.41, 5.74) is 1.38. The van der Waals surface area contributed by atoms with Crippen LogP contribution in [0.25, 0.3) is 5.65 Å². The molecule has 3 rings (SSSR count). The maximum atomic E-state index is 13.1. The molecule has 6 nitrogen and oxygen atoms in total. The van der Waals surface area contributed by atoms with Crippen LogP contribution >= 0.6 is 11.6 Å². The fourth-order valence-electron chi connectivity index (χ4n) is 2.08. The van der Waals surface area contributed by atoms with Gasteiger partial charge in [-0.05, 0) is 36.8 Å². The van der Waals surface area contributed by atoms with Crippen molar-refractivity contribution in [2.24, 2.45) is 10.2 Å². The highest BCUT2D eigenvalue weighted by Crippen LogP contribution is 2.27. The Bertz CT molecular complexity index is 952. The lowest BCUT2D eigenvalue weighted by atomic mass is 10.3. The monoisotopic (exact) mass is 332 g/mol. The van der Waals surface area contributed by atoms with Crippen molar-refractivity contribution in [2.45, 2.75) is 6.92 Å². The van der Waals surface area contributed by atoms with E-state index in [0.717, 1.165) is 11.6 Å². The lowest BCUT2D eigenvalue weighted by molar-refractivity contribution is 0.0692. The molecule has 0 aliphatic carbocycles. The Labute approximate surface area is 134 Å². The zero-order valence-electron chi connectivity index (χ0n) is 11.9. The van der Waals surface area contributed by atoms with Crippen molar-refractivity contribution in [2.75, 3.05) is 0 Å². The van der Waals surface area contributed by atoms with Crippen molar-refractivity contribution in [1.82, 2.24) is 9.38 Å². The fourth-order valence-corrected chi connectivity index (χ4v) is 2.26. The number of aryl methyl sites for hydroxylation is 1. The lowest BCUT2D eigenvalue weighted by Crippen LogP contribution is -1.96. The number of carbonyl (C=O) groups is 1. The molecule has 1 aromatic carbocycles. The number of carboxylic acids is 1. The molecule has 0 bridgehead atoms. The number of benzene rings is 1. The van der Waals surface area contributed by atoms with Gasteiger partial charge >= 0.3 is 5.97 Å². The molecule has 2 heterocycles. The number of azo groups is 1. The topological polar surface area (TPSA) is 79.3 Å². The highest BCUT2D eigenvalue weighted by atomic mass is 35.5. The summed E-state index contributed by atoms with van der Waals surface area (Å²) in [5, 5.41) is 17.1. The number of aromatic carboxylic acids is 1. The average molecular weight is 333 g/mol. The quantitative estimate of drug-likeness (QED) is 0.714. The molecule has 0 atom stereocenters. The number of imidazole rings is 1. The predicted molar refractivity (Wildman–Crippen MR) is 82.5 cm³/mol. The molecule has 0 spiro atoms. The van der Waals surface area contributed by atoms with Gasteiger partial charge in [-0.3, -0.25) is 4.40 Å². The van der Waals surface area contributed by atoms with Crippen molar-refractivity contribution in [3.8, 4) is 0 Å². The standard InChI is InChI=1S/C15H10ClFN4O2/c1-8-3-2-6-21-13(8)18-12(15(22)23)14(21)20-19-9-4-5-11(17)10(16)7-9/h2-7H,1H3,(H,22,23). The number of pyridine rings is 1. The van der Waals surface area contributed by atoms with Gasteiger partial charge in [-0.15, -0.1) is 10.2 Å². The van der Waals surface area contributed by atoms with E-state index in [1.807, 2.05) is 13.0 Å². The second kappa shape index (κ2) is 5.77. The molecule has 0 saturated carbocycles. The first-order chi connectivity index (χ1) is 11.0. The van der Waals surface area contributed by atoms with Crippen LogP contribution < -0.4 is 0 Å². The number of nitrogens with zero attached hydrogens (tertiary/aromatic N) is 4. The van der Waals surface area contributed by atoms with Gasteiger partial charge in [-0.1, -0.05) is 17.7 Å². The van der Waals surface area contributed by atoms with E-state index in [4.69, 9.17) is 11.6 Å². The van der Waals surface area contributed by atoms with Crippen LogP contribution in [0.1, 0.15) is 16.1 Å². The van der Waals surface area contributed by atoms with E-state index in [1.54, 1.807) is 12.3 Å². The van der Waals surface area contributed by atoms with E-state index in [1.165, 1.54) is 16.5 Å². The fraction of sp³-hybridized carbons (Fsp3) is 0.0667. The van der Waals surface area contributed by atoms with Crippen LogP contribution in [-0.4, -0.2) is 20.5 Å². The number of carboxylic acid groups (broad SMARTS) is 1. The van der Waals surface area contributed by atoms with Crippen LogP contribution in [0, 0.1) is 12.7 Å². The van der Waals surface area contributed by atoms with Crippen LogP contribution in [-0.2, 0) is 0 Å². The zero-order chi connectivity index (χ0) is 16.6. The second-order valence-corrected chi connectivity index (χ2v) is 5.18. The summed E-state index contributed by atoms with van der Waals surface area (Å²) in [6.07, 6.45) is 1.65. The molecule has 1 N–H and O–H groups in total. The Morgan fingerprint density at radius 1 is 1.35 bits per heavy atom. The van der Waals surface area contributed by atoms with Crippen molar-refractivity contribution >= 4 is 34.7 Å². The largest absolute Gasteiger partial charge is 0.476 e. The molecular formula is C15H10ClFN4O2. The van der Waals surface area contributed by atoms with Crippen LogP contribution in [0.15, 0.2) is 46.8 Å². The summed E-state index contributed by atoms with van der Waals surface area (Å²) in [7, 11) is 0. The van der Waals surface area contributed by atoms with Gasteiger partial charge in [0.15, 0.2) is 11.5 Å². The second-order valence-electron chi connectivity index (χ2n) is 4.77.